The molecule has 3 fully saturated rings. The van der Waals surface area contributed by atoms with Crippen molar-refractivity contribution in [1.29, 1.82) is 0 Å². The molecule has 4 atom stereocenters. The molecular formula is C15H19N. The predicted molar refractivity (Wildman–Crippen MR) is 64.9 cm³/mol. The minimum Gasteiger partial charge on any atom is -0.309 e. The standard InChI is InChI=1S/C15H19N/c1-2-4-10(5-3-1)9-16-15-13-11-6-7-12(8-11)14(13)15/h1-5,11-16H,6-9H2. The maximum absolute atomic E-state index is 3.78. The van der Waals surface area contributed by atoms with Gasteiger partial charge < -0.3 is 5.32 Å². The van der Waals surface area contributed by atoms with E-state index in [4.69, 9.17) is 0 Å². The van der Waals surface area contributed by atoms with Gasteiger partial charge in [0.05, 0.1) is 0 Å². The van der Waals surface area contributed by atoms with E-state index in [2.05, 4.69) is 35.6 Å². The van der Waals surface area contributed by atoms with Crippen LogP contribution in [0.4, 0.5) is 0 Å². The Hall–Kier alpha value is -0.820. The van der Waals surface area contributed by atoms with Crippen LogP contribution < -0.4 is 5.32 Å². The third kappa shape index (κ3) is 1.27. The summed E-state index contributed by atoms with van der Waals surface area (Å²) in [6, 6.07) is 11.7. The number of hydrogen-bond donors (Lipinski definition) is 1. The van der Waals surface area contributed by atoms with Crippen LogP contribution in [0.5, 0.6) is 0 Å². The molecule has 3 saturated carbocycles. The van der Waals surface area contributed by atoms with Crippen LogP contribution in [0.2, 0.25) is 0 Å². The van der Waals surface area contributed by atoms with Crippen LogP contribution in [0.25, 0.3) is 0 Å². The number of rotatable bonds is 3. The lowest BCUT2D eigenvalue weighted by Gasteiger charge is -2.10. The average molecular weight is 213 g/mol. The Kier molecular flexibility index (Phi) is 1.92. The quantitative estimate of drug-likeness (QED) is 0.814. The molecule has 1 aromatic rings. The van der Waals surface area contributed by atoms with Gasteiger partial charge in [0.1, 0.15) is 0 Å². The Morgan fingerprint density at radius 3 is 2.38 bits per heavy atom. The second-order valence-corrected chi connectivity index (χ2v) is 5.88. The molecule has 1 aromatic carbocycles. The third-order valence-electron chi connectivity index (χ3n) is 5.12. The van der Waals surface area contributed by atoms with E-state index in [1.165, 1.54) is 18.4 Å². The largest absolute Gasteiger partial charge is 0.309 e. The Balaban J connectivity index is 1.38. The average Bonchev–Trinajstić information content (AvgIpc) is 2.72. The van der Waals surface area contributed by atoms with Gasteiger partial charge in [0.15, 0.2) is 0 Å². The lowest BCUT2D eigenvalue weighted by atomic mass is 10.0. The fourth-order valence-corrected chi connectivity index (χ4v) is 4.43. The van der Waals surface area contributed by atoms with Gasteiger partial charge in [-0.15, -0.1) is 0 Å². The highest BCUT2D eigenvalue weighted by molar-refractivity contribution is 5.19. The van der Waals surface area contributed by atoms with Crippen LogP contribution in [-0.4, -0.2) is 6.04 Å². The highest BCUT2D eigenvalue weighted by atomic mass is 15.0. The van der Waals surface area contributed by atoms with Crippen LogP contribution in [0.3, 0.4) is 0 Å². The van der Waals surface area contributed by atoms with E-state index < -0.39 is 0 Å². The van der Waals surface area contributed by atoms with Crippen LogP contribution in [0.15, 0.2) is 30.3 Å². The third-order valence-corrected chi connectivity index (χ3v) is 5.12. The molecule has 84 valence electrons. The van der Waals surface area contributed by atoms with Gasteiger partial charge in [-0.25, -0.2) is 0 Å². The van der Waals surface area contributed by atoms with Gasteiger partial charge in [-0.3, -0.25) is 0 Å². The molecule has 1 nitrogen and oxygen atoms in total. The molecule has 0 aromatic heterocycles. The van der Waals surface area contributed by atoms with Crippen molar-refractivity contribution in [3.63, 3.8) is 0 Å². The zero-order valence-electron chi connectivity index (χ0n) is 9.60. The van der Waals surface area contributed by atoms with Crippen LogP contribution in [0, 0.1) is 23.7 Å². The van der Waals surface area contributed by atoms with Gasteiger partial charge in [0.2, 0.25) is 0 Å². The van der Waals surface area contributed by atoms with E-state index in [0.717, 1.165) is 36.3 Å². The Bertz CT molecular complexity index is 370. The minimum absolute atomic E-state index is 0.867. The predicted octanol–water partition coefficient (Wildman–Crippen LogP) is 2.82. The van der Waals surface area contributed by atoms with Gasteiger partial charge in [-0.2, -0.15) is 0 Å². The van der Waals surface area contributed by atoms with Crippen molar-refractivity contribution in [3.8, 4) is 0 Å². The molecule has 3 aliphatic rings. The first-order valence-electron chi connectivity index (χ1n) is 6.71. The second kappa shape index (κ2) is 3.33. The number of hydrogen-bond acceptors (Lipinski definition) is 1. The summed E-state index contributed by atoms with van der Waals surface area (Å²) in [7, 11) is 0. The van der Waals surface area contributed by atoms with Gasteiger partial charge >= 0.3 is 0 Å². The zero-order chi connectivity index (χ0) is 10.5. The molecule has 1 N–H and O–H groups in total. The van der Waals surface area contributed by atoms with Crippen molar-refractivity contribution in [2.24, 2.45) is 23.7 Å². The monoisotopic (exact) mass is 213 g/mol. The zero-order valence-corrected chi connectivity index (χ0v) is 9.60. The maximum atomic E-state index is 3.78. The fourth-order valence-electron chi connectivity index (χ4n) is 4.43. The summed E-state index contributed by atoms with van der Waals surface area (Å²) in [4.78, 5) is 0. The van der Waals surface area contributed by atoms with Crippen LogP contribution in [-0.2, 0) is 6.54 Å². The van der Waals surface area contributed by atoms with Crippen molar-refractivity contribution in [3.05, 3.63) is 35.9 Å². The molecule has 0 radical (unpaired) electrons. The molecule has 0 aliphatic heterocycles. The molecule has 0 heterocycles. The van der Waals surface area contributed by atoms with Gasteiger partial charge in [0, 0.05) is 12.6 Å². The molecular weight excluding hydrogens is 194 g/mol. The van der Waals surface area contributed by atoms with Gasteiger partial charge in [0.25, 0.3) is 0 Å². The van der Waals surface area contributed by atoms with E-state index >= 15 is 0 Å². The summed E-state index contributed by atoms with van der Waals surface area (Å²) < 4.78 is 0. The molecule has 4 unspecified atom stereocenters. The number of nitrogens with one attached hydrogen (secondary N) is 1. The lowest BCUT2D eigenvalue weighted by molar-refractivity contribution is 0.456. The Morgan fingerprint density at radius 1 is 1.00 bits per heavy atom. The Labute approximate surface area is 97.2 Å². The van der Waals surface area contributed by atoms with E-state index in [1.807, 2.05) is 0 Å². The molecule has 4 rings (SSSR count). The van der Waals surface area contributed by atoms with Gasteiger partial charge in [-0.05, 0) is 48.5 Å². The molecule has 0 amide bonds. The van der Waals surface area contributed by atoms with E-state index in [0.29, 0.717) is 0 Å². The van der Waals surface area contributed by atoms with Crippen molar-refractivity contribution >= 4 is 0 Å². The fraction of sp³-hybridized carbons (Fsp3) is 0.600. The molecule has 16 heavy (non-hydrogen) atoms. The highest BCUT2D eigenvalue weighted by Gasteiger charge is 2.64. The first-order valence-corrected chi connectivity index (χ1v) is 6.71. The minimum atomic E-state index is 0.867. The summed E-state index contributed by atoms with van der Waals surface area (Å²) >= 11 is 0. The van der Waals surface area contributed by atoms with Crippen molar-refractivity contribution in [2.45, 2.75) is 31.8 Å². The molecule has 3 aliphatic carbocycles. The van der Waals surface area contributed by atoms with Crippen LogP contribution >= 0.6 is 0 Å². The summed E-state index contributed by atoms with van der Waals surface area (Å²) in [6.07, 6.45) is 4.60. The molecule has 1 heteroatoms. The summed E-state index contributed by atoms with van der Waals surface area (Å²) in [5.41, 5.74) is 1.43. The summed E-state index contributed by atoms with van der Waals surface area (Å²) in [6.45, 7) is 1.07. The van der Waals surface area contributed by atoms with Crippen molar-refractivity contribution < 1.29 is 0 Å². The van der Waals surface area contributed by atoms with E-state index in [1.54, 1.807) is 6.42 Å². The van der Waals surface area contributed by atoms with Crippen molar-refractivity contribution in [2.75, 3.05) is 0 Å². The first-order chi connectivity index (χ1) is 7.93. The molecule has 0 saturated heterocycles. The highest BCUT2D eigenvalue weighted by Crippen LogP contribution is 2.65. The van der Waals surface area contributed by atoms with E-state index in [-0.39, 0.29) is 0 Å². The maximum Gasteiger partial charge on any atom is 0.0208 e. The van der Waals surface area contributed by atoms with Crippen molar-refractivity contribution in [1.82, 2.24) is 5.32 Å². The van der Waals surface area contributed by atoms with Gasteiger partial charge in [-0.1, -0.05) is 30.3 Å². The topological polar surface area (TPSA) is 12.0 Å². The lowest BCUT2D eigenvalue weighted by Crippen LogP contribution is -2.22. The van der Waals surface area contributed by atoms with Crippen LogP contribution in [0.1, 0.15) is 24.8 Å². The number of fused-ring (bicyclic) bond motifs is 5. The normalized spacial score (nSPS) is 43.4. The second-order valence-electron chi connectivity index (χ2n) is 5.88. The first kappa shape index (κ1) is 9.23. The SMILES string of the molecule is c1ccc(CNC2C3C4CCC(C4)C23)cc1. The summed E-state index contributed by atoms with van der Waals surface area (Å²) in [5.74, 6) is 4.29. The smallest absolute Gasteiger partial charge is 0.0208 e. The number of benzene rings is 1. The summed E-state index contributed by atoms with van der Waals surface area (Å²) in [5, 5.41) is 3.78. The Morgan fingerprint density at radius 2 is 1.69 bits per heavy atom. The van der Waals surface area contributed by atoms with E-state index in [9.17, 15) is 0 Å². The molecule has 0 spiro atoms. The molecule has 2 bridgehead atoms.